The van der Waals surface area contributed by atoms with Crippen LogP contribution < -0.4 is 10.1 Å². The lowest BCUT2D eigenvalue weighted by atomic mass is 9.76. The molecule has 3 aromatic carbocycles. The second-order valence-electron chi connectivity index (χ2n) is 8.07. The molecular formula is C25H23NOS. The number of hydrogen-bond acceptors (Lipinski definition) is 3. The molecule has 0 bridgehead atoms. The van der Waals surface area contributed by atoms with Crippen molar-refractivity contribution in [2.75, 3.05) is 16.8 Å². The zero-order chi connectivity index (χ0) is 18.5. The largest absolute Gasteiger partial charge is 0.489 e. The topological polar surface area (TPSA) is 21.3 Å². The van der Waals surface area contributed by atoms with Crippen LogP contribution in [0.4, 0.5) is 5.69 Å². The molecule has 1 aliphatic carbocycles. The molecule has 3 atom stereocenters. The highest BCUT2D eigenvalue weighted by Gasteiger charge is 2.38. The second-order valence-corrected chi connectivity index (χ2v) is 9.15. The zero-order valence-electron chi connectivity index (χ0n) is 15.7. The molecule has 6 rings (SSSR count). The maximum atomic E-state index is 6.04. The maximum absolute atomic E-state index is 6.04. The van der Waals surface area contributed by atoms with Crippen LogP contribution in [-0.2, 0) is 0 Å². The number of thioether (sulfide) groups is 1. The summed E-state index contributed by atoms with van der Waals surface area (Å²) >= 11 is 1.95. The summed E-state index contributed by atoms with van der Waals surface area (Å²) in [6.45, 7) is 0. The second kappa shape index (κ2) is 6.59. The van der Waals surface area contributed by atoms with Crippen LogP contribution in [-0.4, -0.2) is 17.6 Å². The molecular weight excluding hydrogens is 362 g/mol. The minimum atomic E-state index is 0.326. The number of anilines is 1. The van der Waals surface area contributed by atoms with Gasteiger partial charge in [0, 0.05) is 28.5 Å². The lowest BCUT2D eigenvalue weighted by molar-refractivity contribution is 0.240. The Bertz CT molecular complexity index is 1050. The van der Waals surface area contributed by atoms with Gasteiger partial charge in [-0.2, -0.15) is 11.8 Å². The van der Waals surface area contributed by atoms with Crippen LogP contribution in [0.15, 0.2) is 72.8 Å². The summed E-state index contributed by atoms with van der Waals surface area (Å²) < 4.78 is 6.04. The Morgan fingerprint density at radius 2 is 1.79 bits per heavy atom. The van der Waals surface area contributed by atoms with Crippen molar-refractivity contribution < 1.29 is 4.74 Å². The summed E-state index contributed by atoms with van der Waals surface area (Å²) in [7, 11) is 0. The average molecular weight is 386 g/mol. The standard InChI is InChI=1S/C25H23NOS/c1-2-5-20-16(4-1)10-13-23-21-6-3-7-22(21)24(26-25(20)23)17-8-11-18(12-9-17)27-19-14-28-15-19/h1-6,8-13,19,21-22,24,26H,7,14-15H2/t21-,22-,24+/m0/s1. The molecule has 1 N–H and O–H groups in total. The molecule has 3 heteroatoms. The molecule has 28 heavy (non-hydrogen) atoms. The molecule has 0 saturated carbocycles. The SMILES string of the molecule is C1=C[C@@H]2c3ccc4ccccc4c3N[C@H](c3ccc(OC4CSC4)cc3)[C@H]2C1. The fourth-order valence-corrected chi connectivity index (χ4v) is 5.46. The quantitative estimate of drug-likeness (QED) is 0.546. The first-order valence-electron chi connectivity index (χ1n) is 10.2. The van der Waals surface area contributed by atoms with E-state index in [-0.39, 0.29) is 0 Å². The number of rotatable bonds is 3. The van der Waals surface area contributed by atoms with Gasteiger partial charge < -0.3 is 10.1 Å². The van der Waals surface area contributed by atoms with Gasteiger partial charge in [0.2, 0.25) is 0 Å². The molecule has 1 fully saturated rings. The smallest absolute Gasteiger partial charge is 0.119 e. The van der Waals surface area contributed by atoms with Gasteiger partial charge in [0.1, 0.15) is 11.9 Å². The number of fused-ring (bicyclic) bond motifs is 5. The van der Waals surface area contributed by atoms with Crippen molar-refractivity contribution in [3.05, 3.63) is 83.9 Å². The molecule has 2 aliphatic heterocycles. The third-order valence-corrected chi connectivity index (χ3v) is 7.63. The Kier molecular flexibility index (Phi) is 3.90. The minimum absolute atomic E-state index is 0.326. The lowest BCUT2D eigenvalue weighted by Crippen LogP contribution is -2.31. The van der Waals surface area contributed by atoms with Gasteiger partial charge in [0.25, 0.3) is 0 Å². The molecule has 3 aromatic rings. The fourth-order valence-electron chi connectivity index (χ4n) is 4.90. The van der Waals surface area contributed by atoms with E-state index in [2.05, 4.69) is 78.1 Å². The van der Waals surface area contributed by atoms with Gasteiger partial charge in [-0.1, -0.05) is 60.7 Å². The lowest BCUT2D eigenvalue weighted by Gasteiger charge is -2.38. The van der Waals surface area contributed by atoms with E-state index >= 15 is 0 Å². The molecule has 1 saturated heterocycles. The molecule has 0 unspecified atom stereocenters. The molecule has 3 aliphatic rings. The monoisotopic (exact) mass is 385 g/mol. The van der Waals surface area contributed by atoms with Gasteiger partial charge in [-0.3, -0.25) is 0 Å². The molecule has 0 radical (unpaired) electrons. The molecule has 2 heterocycles. The van der Waals surface area contributed by atoms with E-state index in [0.29, 0.717) is 24.0 Å². The minimum Gasteiger partial charge on any atom is -0.489 e. The number of hydrogen-bond donors (Lipinski definition) is 1. The first-order valence-corrected chi connectivity index (χ1v) is 11.3. The van der Waals surface area contributed by atoms with Gasteiger partial charge in [0.05, 0.1) is 6.04 Å². The third-order valence-electron chi connectivity index (χ3n) is 6.41. The highest BCUT2D eigenvalue weighted by molar-refractivity contribution is 8.00. The maximum Gasteiger partial charge on any atom is 0.119 e. The molecule has 2 nitrogen and oxygen atoms in total. The highest BCUT2D eigenvalue weighted by Crippen LogP contribution is 2.51. The Hall–Kier alpha value is -2.39. The van der Waals surface area contributed by atoms with E-state index in [4.69, 9.17) is 4.74 Å². The van der Waals surface area contributed by atoms with E-state index in [1.54, 1.807) is 0 Å². The van der Waals surface area contributed by atoms with Crippen LogP contribution in [0.5, 0.6) is 5.75 Å². The third kappa shape index (κ3) is 2.64. The normalized spacial score (nSPS) is 25.6. The van der Waals surface area contributed by atoms with Gasteiger partial charge in [-0.05, 0) is 41.0 Å². The van der Waals surface area contributed by atoms with Crippen LogP contribution in [0.1, 0.15) is 29.5 Å². The number of ether oxygens (including phenoxy) is 1. The van der Waals surface area contributed by atoms with E-state index in [0.717, 1.165) is 23.7 Å². The fraction of sp³-hybridized carbons (Fsp3) is 0.280. The van der Waals surface area contributed by atoms with Crippen molar-refractivity contribution in [2.45, 2.75) is 24.5 Å². The van der Waals surface area contributed by atoms with Gasteiger partial charge >= 0.3 is 0 Å². The first-order chi connectivity index (χ1) is 13.9. The van der Waals surface area contributed by atoms with Gasteiger partial charge in [-0.15, -0.1) is 0 Å². The Balaban J connectivity index is 1.37. The number of benzene rings is 3. The van der Waals surface area contributed by atoms with E-state index in [1.165, 1.54) is 27.6 Å². The van der Waals surface area contributed by atoms with Gasteiger partial charge in [0.15, 0.2) is 0 Å². The van der Waals surface area contributed by atoms with Crippen LogP contribution in [0.3, 0.4) is 0 Å². The first kappa shape index (κ1) is 16.6. The van der Waals surface area contributed by atoms with E-state index in [1.807, 2.05) is 11.8 Å². The van der Waals surface area contributed by atoms with Crippen LogP contribution in [0.25, 0.3) is 10.8 Å². The average Bonchev–Trinajstić information content (AvgIpc) is 3.20. The molecule has 0 aromatic heterocycles. The van der Waals surface area contributed by atoms with Crippen molar-refractivity contribution in [3.8, 4) is 5.75 Å². The summed E-state index contributed by atoms with van der Waals surface area (Å²) in [6, 6.07) is 22.4. The zero-order valence-corrected chi connectivity index (χ0v) is 16.5. The Labute approximate surface area is 170 Å². The summed E-state index contributed by atoms with van der Waals surface area (Å²) in [4.78, 5) is 0. The van der Waals surface area contributed by atoms with Crippen LogP contribution in [0, 0.1) is 5.92 Å². The van der Waals surface area contributed by atoms with E-state index < -0.39 is 0 Å². The Morgan fingerprint density at radius 3 is 2.61 bits per heavy atom. The van der Waals surface area contributed by atoms with Crippen molar-refractivity contribution in [2.24, 2.45) is 5.92 Å². The molecule has 0 amide bonds. The predicted octanol–water partition coefficient (Wildman–Crippen LogP) is 6.16. The summed E-state index contributed by atoms with van der Waals surface area (Å²) in [5.41, 5.74) is 4.10. The van der Waals surface area contributed by atoms with Crippen LogP contribution in [0.2, 0.25) is 0 Å². The summed E-state index contributed by atoms with van der Waals surface area (Å²) in [6.07, 6.45) is 6.30. The molecule has 0 spiro atoms. The van der Waals surface area contributed by atoms with Gasteiger partial charge in [-0.25, -0.2) is 0 Å². The highest BCUT2D eigenvalue weighted by atomic mass is 32.2. The van der Waals surface area contributed by atoms with Crippen molar-refractivity contribution in [1.82, 2.24) is 0 Å². The van der Waals surface area contributed by atoms with Crippen molar-refractivity contribution >= 4 is 28.2 Å². The summed E-state index contributed by atoms with van der Waals surface area (Å²) in [5, 5.41) is 6.55. The molecule has 140 valence electrons. The van der Waals surface area contributed by atoms with Crippen molar-refractivity contribution in [1.29, 1.82) is 0 Å². The van der Waals surface area contributed by atoms with Crippen LogP contribution >= 0.6 is 11.8 Å². The number of allylic oxidation sites excluding steroid dienone is 2. The number of nitrogens with one attached hydrogen (secondary N) is 1. The van der Waals surface area contributed by atoms with E-state index in [9.17, 15) is 0 Å². The van der Waals surface area contributed by atoms with Crippen molar-refractivity contribution in [3.63, 3.8) is 0 Å². The Morgan fingerprint density at radius 1 is 0.929 bits per heavy atom. The summed E-state index contributed by atoms with van der Waals surface area (Å²) in [5.74, 6) is 4.30. The predicted molar refractivity (Wildman–Crippen MR) is 118 cm³/mol.